The molecule has 0 bridgehead atoms. The van der Waals surface area contributed by atoms with Gasteiger partial charge in [0.15, 0.2) is 0 Å². The van der Waals surface area contributed by atoms with E-state index in [9.17, 15) is 0 Å². The molecule has 0 aromatic heterocycles. The molecule has 1 rings (SSSR count). The van der Waals surface area contributed by atoms with Gasteiger partial charge >= 0.3 is 0 Å². The van der Waals surface area contributed by atoms with Crippen molar-refractivity contribution in [1.29, 1.82) is 0 Å². The van der Waals surface area contributed by atoms with E-state index in [1.165, 1.54) is 11.1 Å². The normalized spacial score (nSPS) is 10.2. The maximum Gasteiger partial charge on any atom is 0.118 e. The summed E-state index contributed by atoms with van der Waals surface area (Å²) in [5.41, 5.74) is 2.59. The van der Waals surface area contributed by atoms with Crippen LogP contribution in [0.4, 0.5) is 0 Å². The lowest BCUT2D eigenvalue weighted by atomic mass is 10.1. The average molecular weight is 163 g/mol. The summed E-state index contributed by atoms with van der Waals surface area (Å²) >= 11 is 0. The van der Waals surface area contributed by atoms with Gasteiger partial charge in [-0.2, -0.15) is 0 Å². The van der Waals surface area contributed by atoms with E-state index < -0.39 is 0 Å². The molecular weight excluding hydrogens is 148 g/mol. The van der Waals surface area contributed by atoms with Crippen LogP contribution < -0.4 is 10.6 Å². The molecule has 2 nitrogen and oxygen atoms in total. The van der Waals surface area contributed by atoms with E-state index in [1.54, 1.807) is 0 Å². The fourth-order valence-electron chi connectivity index (χ4n) is 1.20. The van der Waals surface area contributed by atoms with Gasteiger partial charge in [-0.15, -0.1) is 7.05 Å². The molecule has 65 valence electrons. The third kappa shape index (κ3) is 2.64. The number of benzene rings is 1. The second kappa shape index (κ2) is 4.91. The summed E-state index contributed by atoms with van der Waals surface area (Å²) in [5.74, 6) is 0. The average Bonchev–Trinajstić information content (AvgIpc) is 2.06. The molecule has 0 amide bonds. The molecule has 0 aliphatic rings. The number of hydrogen-bond acceptors (Lipinski definition) is 2. The van der Waals surface area contributed by atoms with Crippen LogP contribution >= 0.6 is 0 Å². The van der Waals surface area contributed by atoms with Crippen molar-refractivity contribution in [3.63, 3.8) is 0 Å². The first-order valence-electron chi connectivity index (χ1n) is 4.09. The quantitative estimate of drug-likeness (QED) is 0.603. The van der Waals surface area contributed by atoms with Crippen LogP contribution in [0.15, 0.2) is 24.3 Å². The summed E-state index contributed by atoms with van der Waals surface area (Å²) in [6, 6.07) is 8.45. The maximum absolute atomic E-state index is 3.59. The fourth-order valence-corrected chi connectivity index (χ4v) is 1.20. The number of nitrogens with one attached hydrogen (secondary N) is 2. The predicted molar refractivity (Wildman–Crippen MR) is 49.2 cm³/mol. The monoisotopic (exact) mass is 163 g/mol. The molecule has 0 atom stereocenters. The van der Waals surface area contributed by atoms with E-state index >= 15 is 0 Å². The Hall–Kier alpha value is -0.860. The van der Waals surface area contributed by atoms with Crippen molar-refractivity contribution in [3.8, 4) is 0 Å². The Balaban J connectivity index is 2.67. The molecule has 0 spiro atoms. The van der Waals surface area contributed by atoms with Gasteiger partial charge in [-0.25, -0.2) is 0 Å². The van der Waals surface area contributed by atoms with Crippen LogP contribution in [0.3, 0.4) is 0 Å². The van der Waals surface area contributed by atoms with Crippen molar-refractivity contribution in [2.24, 2.45) is 0 Å². The van der Waals surface area contributed by atoms with E-state index in [2.05, 4.69) is 41.9 Å². The smallest absolute Gasteiger partial charge is 0.118 e. The topological polar surface area (TPSA) is 27.6 Å². The highest BCUT2D eigenvalue weighted by Crippen LogP contribution is 2.03. The van der Waals surface area contributed by atoms with Gasteiger partial charge in [-0.3, -0.25) is 0 Å². The zero-order chi connectivity index (χ0) is 8.81. The highest BCUT2D eigenvalue weighted by Gasteiger charge is 1.94. The molecule has 1 radical (unpaired) electrons. The van der Waals surface area contributed by atoms with Crippen molar-refractivity contribution in [1.82, 2.24) is 5.32 Å². The second-order valence-corrected chi connectivity index (χ2v) is 2.78. The van der Waals surface area contributed by atoms with Crippen LogP contribution in [0.25, 0.3) is 0 Å². The lowest BCUT2D eigenvalue weighted by Gasteiger charge is -2.02. The highest BCUT2D eigenvalue weighted by atomic mass is 14.8. The highest BCUT2D eigenvalue weighted by molar-refractivity contribution is 5.22. The summed E-state index contributed by atoms with van der Waals surface area (Å²) in [4.78, 5) is 0. The summed E-state index contributed by atoms with van der Waals surface area (Å²) in [7, 11) is 5.54. The molecule has 2 heteroatoms. The van der Waals surface area contributed by atoms with Crippen molar-refractivity contribution < 1.29 is 5.32 Å². The van der Waals surface area contributed by atoms with Crippen LogP contribution in [-0.4, -0.2) is 7.05 Å². The summed E-state index contributed by atoms with van der Waals surface area (Å²) in [6.45, 7) is 1.75. The van der Waals surface area contributed by atoms with Gasteiger partial charge in [0.2, 0.25) is 0 Å². The molecule has 0 aliphatic heterocycles. The lowest BCUT2D eigenvalue weighted by Crippen LogP contribution is -2.74. The number of hydrogen-bond donors (Lipinski definition) is 2. The van der Waals surface area contributed by atoms with Gasteiger partial charge in [0.05, 0.1) is 0 Å². The van der Waals surface area contributed by atoms with E-state index in [1.807, 2.05) is 7.05 Å². The van der Waals surface area contributed by atoms with Crippen molar-refractivity contribution in [2.45, 2.75) is 13.1 Å². The van der Waals surface area contributed by atoms with Gasteiger partial charge < -0.3 is 10.6 Å². The zero-order valence-corrected chi connectivity index (χ0v) is 7.43. The Kier molecular flexibility index (Phi) is 3.77. The Morgan fingerprint density at radius 1 is 1.42 bits per heavy atom. The number of rotatable bonds is 4. The van der Waals surface area contributed by atoms with Crippen molar-refractivity contribution >= 4 is 0 Å². The summed E-state index contributed by atoms with van der Waals surface area (Å²) in [6.07, 6.45) is 0. The molecule has 0 fully saturated rings. The van der Waals surface area contributed by atoms with Crippen molar-refractivity contribution in [3.05, 3.63) is 42.4 Å². The lowest BCUT2D eigenvalue weighted by molar-refractivity contribution is -0.612. The van der Waals surface area contributed by atoms with Crippen LogP contribution in [0.5, 0.6) is 0 Å². The Morgan fingerprint density at radius 3 is 2.83 bits per heavy atom. The molecule has 0 saturated carbocycles. The molecular formula is C10H15N2. The molecule has 0 heterocycles. The van der Waals surface area contributed by atoms with Crippen LogP contribution in [0.2, 0.25) is 0 Å². The molecule has 0 saturated heterocycles. The summed E-state index contributed by atoms with van der Waals surface area (Å²) in [5, 5.41) is 6.00. The molecule has 2 N–H and O–H groups in total. The van der Waals surface area contributed by atoms with E-state index in [-0.39, 0.29) is 0 Å². The first-order valence-corrected chi connectivity index (χ1v) is 4.09. The van der Waals surface area contributed by atoms with Gasteiger partial charge in [-0.05, 0) is 18.7 Å². The molecule has 12 heavy (non-hydrogen) atoms. The van der Waals surface area contributed by atoms with Crippen LogP contribution in [0.1, 0.15) is 11.1 Å². The van der Waals surface area contributed by atoms with Crippen LogP contribution in [-0.2, 0) is 13.1 Å². The first-order chi connectivity index (χ1) is 5.86. The van der Waals surface area contributed by atoms with E-state index in [4.69, 9.17) is 0 Å². The Bertz CT molecular complexity index is 212. The Labute approximate surface area is 74.0 Å². The molecule has 1 aromatic carbocycles. The maximum atomic E-state index is 3.59. The van der Waals surface area contributed by atoms with E-state index in [0.717, 1.165) is 13.1 Å². The van der Waals surface area contributed by atoms with E-state index in [0.29, 0.717) is 0 Å². The predicted octanol–water partition coefficient (Wildman–Crippen LogP) is 0.0468. The fraction of sp³-hybridized carbons (Fsp3) is 0.300. The third-order valence-corrected chi connectivity index (χ3v) is 1.70. The van der Waals surface area contributed by atoms with Crippen LogP contribution in [0, 0.1) is 7.05 Å². The minimum Gasteiger partial charge on any atom is -0.331 e. The molecule has 0 aliphatic carbocycles. The minimum atomic E-state index is 0.831. The minimum absolute atomic E-state index is 0.831. The summed E-state index contributed by atoms with van der Waals surface area (Å²) < 4.78 is 0. The zero-order valence-electron chi connectivity index (χ0n) is 7.43. The van der Waals surface area contributed by atoms with Gasteiger partial charge in [0.1, 0.15) is 6.54 Å². The largest absolute Gasteiger partial charge is 0.331 e. The third-order valence-electron chi connectivity index (χ3n) is 1.70. The molecule has 0 unspecified atom stereocenters. The second-order valence-electron chi connectivity index (χ2n) is 2.78. The SMILES string of the molecule is [CH2-][NH+]Cc1cccc(CNC)c1. The van der Waals surface area contributed by atoms with Gasteiger partial charge in [0, 0.05) is 12.1 Å². The first kappa shape index (κ1) is 9.23. The standard InChI is InChI=1S/C10H15N2/c1-11-7-9-4-3-5-10(6-9)8-12-2/h3-6,11-12H,1,7-8H2,2H3. The van der Waals surface area contributed by atoms with Crippen molar-refractivity contribution in [2.75, 3.05) is 7.05 Å². The Morgan fingerprint density at radius 2 is 2.17 bits per heavy atom. The molecule has 1 aromatic rings. The van der Waals surface area contributed by atoms with Gasteiger partial charge in [0.25, 0.3) is 0 Å². The van der Waals surface area contributed by atoms with Gasteiger partial charge in [-0.1, -0.05) is 18.2 Å².